The second-order valence-electron chi connectivity index (χ2n) is 16.4. The van der Waals surface area contributed by atoms with Gasteiger partial charge in [0.25, 0.3) is 0 Å². The van der Waals surface area contributed by atoms with Crippen molar-refractivity contribution in [2.45, 2.75) is 122 Å². The number of cyclic esters (lactones) is 1. The van der Waals surface area contributed by atoms with Crippen molar-refractivity contribution in [2.24, 2.45) is 17.3 Å². The van der Waals surface area contributed by atoms with Crippen LogP contribution in [0.5, 0.6) is 0 Å². The molecule has 19 nitrogen and oxygen atoms in total. The van der Waals surface area contributed by atoms with Crippen molar-refractivity contribution in [3.8, 4) is 0 Å². The van der Waals surface area contributed by atoms with Crippen molar-refractivity contribution in [3.05, 3.63) is 65.5 Å². The number of rotatable bonds is 8. The minimum absolute atomic E-state index is 0.0225. The van der Waals surface area contributed by atoms with Gasteiger partial charge in [-0.05, 0) is 51.0 Å². The highest BCUT2D eigenvalue weighted by Crippen LogP contribution is 2.70. The van der Waals surface area contributed by atoms with E-state index in [1.165, 1.54) is 56.4 Å². The summed E-state index contributed by atoms with van der Waals surface area (Å²) in [5.74, 6) is -10.7. The van der Waals surface area contributed by atoms with Gasteiger partial charge in [-0.15, -0.1) is 0 Å². The molecule has 4 bridgehead atoms. The van der Waals surface area contributed by atoms with E-state index in [2.05, 4.69) is 4.98 Å². The molecule has 1 spiro atoms. The predicted octanol–water partition coefficient (Wildman–Crippen LogP) is 2.16. The summed E-state index contributed by atoms with van der Waals surface area (Å²) in [7, 11) is 0. The Labute approximate surface area is 355 Å². The quantitative estimate of drug-likeness (QED) is 0.295. The molecule has 0 amide bonds. The third-order valence-electron chi connectivity index (χ3n) is 12.1. The summed E-state index contributed by atoms with van der Waals surface area (Å²) in [6, 6.07) is 10.4. The van der Waals surface area contributed by atoms with Gasteiger partial charge in [0.2, 0.25) is 0 Å². The van der Waals surface area contributed by atoms with Crippen LogP contribution in [0, 0.1) is 17.3 Å². The SMILES string of the molecule is CC(=O)OCC12C(OC(C)=O)C(OC(C)=O)C3C(OC(C)=O)C14O[C@@]3(C)COC(=O)c1cccnc1CC[C@H](C)C(=O)O[C@@H](C(OC(C)=O)C2OC(=O)c1ccccc1)[C@]4(C)O. The zero-order valence-corrected chi connectivity index (χ0v) is 35.4. The molecule has 1 N–H and O–H groups in total. The average Bonchev–Trinajstić information content (AvgIpc) is 3.41. The molecule has 334 valence electrons. The van der Waals surface area contributed by atoms with Gasteiger partial charge < -0.3 is 47.7 Å². The summed E-state index contributed by atoms with van der Waals surface area (Å²) in [6.07, 6.45) is -10.6. The Morgan fingerprint density at radius 3 is 1.98 bits per heavy atom. The first-order chi connectivity index (χ1) is 29.1. The van der Waals surface area contributed by atoms with Gasteiger partial charge in [-0.3, -0.25) is 33.8 Å². The molecule has 6 rings (SSSR count). The Morgan fingerprint density at radius 1 is 0.774 bits per heavy atom. The maximum absolute atomic E-state index is 14.4. The Hall–Kier alpha value is -5.95. The standard InChI is InChI=1S/C43H49NO18/c1-21-16-17-29-28(15-12-18-44-29)39(52)55-19-40(7)30-31(56-23(3)46)35(59-26(6)49)42(20-54-22(2)45)36(61-38(51)27-13-10-9-11-14-27)32(57-24(4)47)34(60-37(21)50)41(8,53)43(42,62-40)33(30)58-25(5)48/h9-15,18,21,30-36,53H,16-17,19-20H2,1-8H3/t21-,30?,31?,32?,33?,34-,35?,36?,40-,41-,42?,43?/m0/s1. The second-order valence-corrected chi connectivity index (χ2v) is 16.4. The molecule has 3 heterocycles. The number of carbonyl (C=O) groups excluding carboxylic acids is 8. The summed E-state index contributed by atoms with van der Waals surface area (Å²) in [4.78, 5) is 113. The lowest BCUT2D eigenvalue weighted by Gasteiger charge is -2.67. The van der Waals surface area contributed by atoms with Gasteiger partial charge in [0.15, 0.2) is 30.0 Å². The van der Waals surface area contributed by atoms with Crippen LogP contribution in [-0.2, 0) is 77.8 Å². The van der Waals surface area contributed by atoms with E-state index in [9.17, 15) is 43.5 Å². The van der Waals surface area contributed by atoms with Gasteiger partial charge in [0, 0.05) is 40.8 Å². The molecule has 2 aliphatic carbocycles. The number of hydrogen-bond donors (Lipinski definition) is 1. The van der Waals surface area contributed by atoms with Gasteiger partial charge >= 0.3 is 47.8 Å². The van der Waals surface area contributed by atoms with Crippen LogP contribution in [0.25, 0.3) is 0 Å². The summed E-state index contributed by atoms with van der Waals surface area (Å²) < 4.78 is 55.4. The number of benzene rings is 1. The first-order valence-electron chi connectivity index (χ1n) is 19.9. The highest BCUT2D eigenvalue weighted by atomic mass is 16.7. The monoisotopic (exact) mass is 867 g/mol. The molecular formula is C43H49NO18. The molecule has 3 fully saturated rings. The number of nitrogens with zero attached hydrogens (tertiary/aromatic N) is 1. The Kier molecular flexibility index (Phi) is 12.6. The lowest BCUT2D eigenvalue weighted by atomic mass is 9.45. The molecule has 2 saturated carbocycles. The third kappa shape index (κ3) is 7.76. The maximum atomic E-state index is 14.4. The molecule has 19 heteroatoms. The highest BCUT2D eigenvalue weighted by Gasteiger charge is 2.92. The number of fused-ring (bicyclic) bond motifs is 5. The molecule has 4 aliphatic rings. The average molecular weight is 868 g/mol. The molecular weight excluding hydrogens is 818 g/mol. The smallest absolute Gasteiger partial charge is 0.340 e. The zero-order chi connectivity index (χ0) is 45.5. The largest absolute Gasteiger partial charge is 0.465 e. The van der Waals surface area contributed by atoms with E-state index >= 15 is 0 Å². The van der Waals surface area contributed by atoms with Crippen LogP contribution < -0.4 is 0 Å². The minimum atomic E-state index is -2.84. The molecule has 12 atom stereocenters. The van der Waals surface area contributed by atoms with E-state index in [-0.39, 0.29) is 29.7 Å². The van der Waals surface area contributed by atoms with Crippen LogP contribution in [0.15, 0.2) is 48.7 Å². The van der Waals surface area contributed by atoms with E-state index in [0.29, 0.717) is 0 Å². The fourth-order valence-corrected chi connectivity index (χ4v) is 9.74. The maximum Gasteiger partial charge on any atom is 0.340 e. The number of hydrogen-bond acceptors (Lipinski definition) is 19. The molecule has 8 unspecified atom stereocenters. The molecule has 62 heavy (non-hydrogen) atoms. The summed E-state index contributed by atoms with van der Waals surface area (Å²) in [5, 5.41) is 13.6. The van der Waals surface area contributed by atoms with Crippen molar-refractivity contribution in [1.82, 2.24) is 4.98 Å². The van der Waals surface area contributed by atoms with Crippen LogP contribution in [0.4, 0.5) is 0 Å². The Bertz CT molecular complexity index is 2140. The first-order valence-corrected chi connectivity index (χ1v) is 19.9. The van der Waals surface area contributed by atoms with Crippen molar-refractivity contribution < 1.29 is 86.1 Å². The van der Waals surface area contributed by atoms with Crippen molar-refractivity contribution in [3.63, 3.8) is 0 Å². The summed E-state index contributed by atoms with van der Waals surface area (Å²) in [5.41, 5.74) is -10.2. The number of carbonyl (C=O) groups is 8. The lowest BCUT2D eigenvalue weighted by molar-refractivity contribution is -0.385. The molecule has 1 aromatic carbocycles. The third-order valence-corrected chi connectivity index (χ3v) is 12.1. The highest BCUT2D eigenvalue weighted by molar-refractivity contribution is 5.91. The zero-order valence-electron chi connectivity index (χ0n) is 35.4. The molecule has 2 aliphatic heterocycles. The van der Waals surface area contributed by atoms with Crippen LogP contribution in [0.2, 0.25) is 0 Å². The number of aryl methyl sites for hydroxylation is 1. The molecule has 1 aromatic heterocycles. The normalized spacial score (nSPS) is 35.0. The lowest BCUT2D eigenvalue weighted by Crippen LogP contribution is -2.89. The van der Waals surface area contributed by atoms with Crippen LogP contribution in [0.1, 0.15) is 88.2 Å². The molecule has 1 saturated heterocycles. The Morgan fingerprint density at radius 2 is 1.37 bits per heavy atom. The van der Waals surface area contributed by atoms with Gasteiger partial charge in [-0.25, -0.2) is 9.59 Å². The minimum Gasteiger partial charge on any atom is -0.465 e. The number of aliphatic hydroxyl groups is 1. The van der Waals surface area contributed by atoms with Gasteiger partial charge in [0.1, 0.15) is 42.0 Å². The van der Waals surface area contributed by atoms with Crippen LogP contribution in [-0.4, -0.2) is 124 Å². The van der Waals surface area contributed by atoms with E-state index in [4.69, 9.17) is 42.6 Å². The van der Waals surface area contributed by atoms with E-state index < -0.39 is 132 Å². The Balaban J connectivity index is 1.79. The van der Waals surface area contributed by atoms with Crippen LogP contribution >= 0.6 is 0 Å². The van der Waals surface area contributed by atoms with E-state index in [1.54, 1.807) is 6.07 Å². The fourth-order valence-electron chi connectivity index (χ4n) is 9.74. The first kappa shape index (κ1) is 45.6. The van der Waals surface area contributed by atoms with Gasteiger partial charge in [-0.2, -0.15) is 0 Å². The number of ether oxygens (including phenoxy) is 9. The molecule has 0 radical (unpaired) electrons. The number of pyridine rings is 1. The summed E-state index contributed by atoms with van der Waals surface area (Å²) >= 11 is 0. The summed E-state index contributed by atoms with van der Waals surface area (Å²) in [6.45, 7) is 7.17. The van der Waals surface area contributed by atoms with Crippen LogP contribution in [0.3, 0.4) is 0 Å². The van der Waals surface area contributed by atoms with Gasteiger partial charge in [-0.1, -0.05) is 25.1 Å². The fraction of sp³-hybridized carbons (Fsp3) is 0.558. The van der Waals surface area contributed by atoms with E-state index in [1.807, 2.05) is 0 Å². The topological polar surface area (TPSA) is 253 Å². The number of esters is 8. The molecule has 2 aromatic rings. The predicted molar refractivity (Wildman–Crippen MR) is 205 cm³/mol. The van der Waals surface area contributed by atoms with Crippen molar-refractivity contribution in [1.29, 1.82) is 0 Å². The number of aromatic nitrogens is 1. The van der Waals surface area contributed by atoms with Crippen molar-refractivity contribution in [2.75, 3.05) is 13.2 Å². The second kappa shape index (κ2) is 17.1. The van der Waals surface area contributed by atoms with Gasteiger partial charge in [0.05, 0.1) is 28.7 Å². The van der Waals surface area contributed by atoms with E-state index in [0.717, 1.165) is 41.5 Å². The van der Waals surface area contributed by atoms with Crippen molar-refractivity contribution >= 4 is 47.8 Å².